The first-order valence-electron chi connectivity index (χ1n) is 8.35. The highest BCUT2D eigenvalue weighted by Gasteiger charge is 2.24. The Morgan fingerprint density at radius 2 is 2.13 bits per heavy atom. The zero-order valence-electron chi connectivity index (χ0n) is 13.6. The van der Waals surface area contributed by atoms with Gasteiger partial charge in [-0.25, -0.2) is 0 Å². The first kappa shape index (κ1) is 16.1. The van der Waals surface area contributed by atoms with Crippen LogP contribution in [0, 0.1) is 6.92 Å². The van der Waals surface area contributed by atoms with Gasteiger partial charge < -0.3 is 10.2 Å². The number of carbonyl (C=O) groups excluding carboxylic acids is 1. The van der Waals surface area contributed by atoms with Gasteiger partial charge in [0, 0.05) is 36.1 Å². The Labute approximate surface area is 142 Å². The summed E-state index contributed by atoms with van der Waals surface area (Å²) in [6.45, 7) is 3.94. The number of anilines is 1. The van der Waals surface area contributed by atoms with Crippen molar-refractivity contribution < 1.29 is 4.79 Å². The fourth-order valence-corrected chi connectivity index (χ4v) is 4.12. The first-order valence-corrected chi connectivity index (χ1v) is 9.23. The van der Waals surface area contributed by atoms with E-state index < -0.39 is 0 Å². The third-order valence-corrected chi connectivity index (χ3v) is 5.63. The molecule has 1 saturated heterocycles. The van der Waals surface area contributed by atoms with Crippen molar-refractivity contribution in [3.05, 3.63) is 52.2 Å². The van der Waals surface area contributed by atoms with Crippen LogP contribution in [0.4, 0.5) is 5.69 Å². The third kappa shape index (κ3) is 4.14. The number of thiophene rings is 1. The number of aryl methyl sites for hydroxylation is 2. The van der Waals surface area contributed by atoms with Gasteiger partial charge in [-0.05, 0) is 55.3 Å². The zero-order chi connectivity index (χ0) is 16.1. The van der Waals surface area contributed by atoms with Crippen LogP contribution in [-0.4, -0.2) is 25.0 Å². The maximum absolute atomic E-state index is 12.1. The van der Waals surface area contributed by atoms with Gasteiger partial charge in [-0.1, -0.05) is 18.2 Å². The lowest BCUT2D eigenvalue weighted by Crippen LogP contribution is -2.40. The molecule has 3 nitrogen and oxygen atoms in total. The molecule has 122 valence electrons. The molecule has 4 heteroatoms. The van der Waals surface area contributed by atoms with Crippen LogP contribution < -0.4 is 10.2 Å². The van der Waals surface area contributed by atoms with Gasteiger partial charge >= 0.3 is 0 Å². The highest BCUT2D eigenvalue weighted by atomic mass is 32.1. The van der Waals surface area contributed by atoms with E-state index in [-0.39, 0.29) is 5.91 Å². The lowest BCUT2D eigenvalue weighted by molar-refractivity contribution is -0.121. The number of nitrogens with zero attached hydrogens (tertiary/aromatic N) is 1. The van der Waals surface area contributed by atoms with Crippen molar-refractivity contribution in [1.82, 2.24) is 5.32 Å². The summed E-state index contributed by atoms with van der Waals surface area (Å²) in [6.07, 6.45) is 3.78. The molecule has 1 N–H and O–H groups in total. The second kappa shape index (κ2) is 7.64. The van der Waals surface area contributed by atoms with Crippen molar-refractivity contribution >= 4 is 22.9 Å². The predicted molar refractivity (Wildman–Crippen MR) is 97.2 cm³/mol. The average Bonchev–Trinajstić information content (AvgIpc) is 3.20. The van der Waals surface area contributed by atoms with Crippen LogP contribution in [0.1, 0.15) is 29.7 Å². The topological polar surface area (TPSA) is 32.3 Å². The molecule has 1 unspecified atom stereocenters. The summed E-state index contributed by atoms with van der Waals surface area (Å²) in [5.74, 6) is 0.165. The molecule has 1 aliphatic heterocycles. The molecule has 2 aromatic rings. The van der Waals surface area contributed by atoms with E-state index in [1.165, 1.54) is 22.5 Å². The number of carbonyl (C=O) groups is 1. The molecular weight excluding hydrogens is 304 g/mol. The molecule has 0 spiro atoms. The van der Waals surface area contributed by atoms with E-state index >= 15 is 0 Å². The van der Waals surface area contributed by atoms with Crippen molar-refractivity contribution in [2.24, 2.45) is 0 Å². The molecule has 1 amide bonds. The smallest absolute Gasteiger partial charge is 0.220 e. The molecule has 0 aliphatic carbocycles. The molecule has 0 saturated carbocycles. The minimum absolute atomic E-state index is 0.165. The average molecular weight is 328 g/mol. The van der Waals surface area contributed by atoms with Gasteiger partial charge in [-0.3, -0.25) is 4.79 Å². The van der Waals surface area contributed by atoms with Gasteiger partial charge in [0.15, 0.2) is 0 Å². The maximum atomic E-state index is 12.1. The summed E-state index contributed by atoms with van der Waals surface area (Å²) in [6, 6.07) is 13.0. The fraction of sp³-hybridized carbons (Fsp3) is 0.421. The molecule has 0 radical (unpaired) electrons. The molecule has 1 atom stereocenters. The van der Waals surface area contributed by atoms with Crippen molar-refractivity contribution in [2.45, 2.75) is 38.6 Å². The van der Waals surface area contributed by atoms with Crippen molar-refractivity contribution in [3.8, 4) is 0 Å². The maximum Gasteiger partial charge on any atom is 0.220 e. The normalized spacial score (nSPS) is 17.4. The Balaban J connectivity index is 1.47. The third-order valence-electron chi connectivity index (χ3n) is 4.55. The molecule has 2 heterocycles. The SMILES string of the molecule is Cc1ccsc1CCC(=O)NCC1CCCN1c1ccccc1. The molecule has 1 aromatic carbocycles. The molecule has 1 fully saturated rings. The quantitative estimate of drug-likeness (QED) is 0.875. The predicted octanol–water partition coefficient (Wildman–Crippen LogP) is 3.77. The van der Waals surface area contributed by atoms with E-state index in [0.717, 1.165) is 25.9 Å². The van der Waals surface area contributed by atoms with Crippen LogP contribution in [0.25, 0.3) is 0 Å². The Morgan fingerprint density at radius 1 is 1.30 bits per heavy atom. The Morgan fingerprint density at radius 3 is 2.87 bits per heavy atom. The summed E-state index contributed by atoms with van der Waals surface area (Å²) in [5.41, 5.74) is 2.56. The number of rotatable bonds is 6. The van der Waals surface area contributed by atoms with Crippen molar-refractivity contribution in [2.75, 3.05) is 18.0 Å². The molecule has 23 heavy (non-hydrogen) atoms. The van der Waals surface area contributed by atoms with E-state index in [0.29, 0.717) is 12.5 Å². The summed E-state index contributed by atoms with van der Waals surface area (Å²) in [5, 5.41) is 5.23. The van der Waals surface area contributed by atoms with Gasteiger partial charge in [0.25, 0.3) is 0 Å². The largest absolute Gasteiger partial charge is 0.367 e. The van der Waals surface area contributed by atoms with E-state index in [4.69, 9.17) is 0 Å². The monoisotopic (exact) mass is 328 g/mol. The van der Waals surface area contributed by atoms with E-state index in [9.17, 15) is 4.79 Å². The van der Waals surface area contributed by atoms with E-state index in [2.05, 4.69) is 52.9 Å². The second-order valence-corrected chi connectivity index (χ2v) is 7.16. The summed E-state index contributed by atoms with van der Waals surface area (Å²) in [4.78, 5) is 15.9. The lowest BCUT2D eigenvalue weighted by atomic mass is 10.1. The van der Waals surface area contributed by atoms with E-state index in [1.54, 1.807) is 11.3 Å². The van der Waals surface area contributed by atoms with Gasteiger partial charge in [-0.2, -0.15) is 0 Å². The fourth-order valence-electron chi connectivity index (χ4n) is 3.21. The Kier molecular flexibility index (Phi) is 5.34. The van der Waals surface area contributed by atoms with Crippen LogP contribution in [0.5, 0.6) is 0 Å². The standard InChI is InChI=1S/C19H24N2OS/c1-15-11-13-23-18(15)9-10-19(22)20-14-17-8-5-12-21(17)16-6-3-2-4-7-16/h2-4,6-7,11,13,17H,5,8-10,12,14H2,1H3,(H,20,22). The van der Waals surface area contributed by atoms with E-state index in [1.807, 2.05) is 6.07 Å². The minimum atomic E-state index is 0.165. The summed E-state index contributed by atoms with van der Waals surface area (Å²) >= 11 is 1.74. The second-order valence-electron chi connectivity index (χ2n) is 6.16. The van der Waals surface area contributed by atoms with Crippen LogP contribution in [0.3, 0.4) is 0 Å². The molecule has 0 bridgehead atoms. The van der Waals surface area contributed by atoms with Crippen LogP contribution in [0.15, 0.2) is 41.8 Å². The number of hydrogen-bond acceptors (Lipinski definition) is 3. The molecular formula is C19H24N2OS. The number of amides is 1. The number of nitrogens with one attached hydrogen (secondary N) is 1. The molecule has 3 rings (SSSR count). The van der Waals surface area contributed by atoms with Crippen LogP contribution >= 0.6 is 11.3 Å². The van der Waals surface area contributed by atoms with Crippen molar-refractivity contribution in [1.29, 1.82) is 0 Å². The Bertz CT molecular complexity index is 638. The zero-order valence-corrected chi connectivity index (χ0v) is 14.4. The summed E-state index contributed by atoms with van der Waals surface area (Å²) < 4.78 is 0. The Hall–Kier alpha value is -1.81. The van der Waals surface area contributed by atoms with Gasteiger partial charge in [0.1, 0.15) is 0 Å². The first-order chi connectivity index (χ1) is 11.2. The van der Waals surface area contributed by atoms with Crippen molar-refractivity contribution in [3.63, 3.8) is 0 Å². The minimum Gasteiger partial charge on any atom is -0.367 e. The lowest BCUT2D eigenvalue weighted by Gasteiger charge is -2.27. The van der Waals surface area contributed by atoms with Crippen LogP contribution in [-0.2, 0) is 11.2 Å². The van der Waals surface area contributed by atoms with Gasteiger partial charge in [0.05, 0.1) is 0 Å². The van der Waals surface area contributed by atoms with Gasteiger partial charge in [0.2, 0.25) is 5.91 Å². The molecule has 1 aromatic heterocycles. The van der Waals surface area contributed by atoms with Crippen LogP contribution in [0.2, 0.25) is 0 Å². The highest BCUT2D eigenvalue weighted by Crippen LogP contribution is 2.24. The number of hydrogen-bond donors (Lipinski definition) is 1. The number of para-hydroxylation sites is 1. The van der Waals surface area contributed by atoms with Gasteiger partial charge in [-0.15, -0.1) is 11.3 Å². The molecule has 1 aliphatic rings. The highest BCUT2D eigenvalue weighted by molar-refractivity contribution is 7.10. The summed E-state index contributed by atoms with van der Waals surface area (Å²) in [7, 11) is 0. The number of benzene rings is 1.